The summed E-state index contributed by atoms with van der Waals surface area (Å²) in [4.78, 5) is 9.44. The van der Waals surface area contributed by atoms with E-state index in [-0.39, 0.29) is 5.78 Å². The van der Waals surface area contributed by atoms with Crippen molar-refractivity contribution in [3.63, 3.8) is 0 Å². The molecule has 0 amide bonds. The van der Waals surface area contributed by atoms with Gasteiger partial charge in [0.25, 0.3) is 0 Å². The summed E-state index contributed by atoms with van der Waals surface area (Å²) in [5.74, 6) is 0.167. The molecule has 0 aliphatic rings. The average Bonchev–Trinajstić information content (AvgIpc) is 1.63. The van der Waals surface area contributed by atoms with E-state index in [0.717, 1.165) is 0 Å². The third-order valence-electron chi connectivity index (χ3n) is 0.431. The van der Waals surface area contributed by atoms with E-state index in [4.69, 9.17) is 15.3 Å². The van der Waals surface area contributed by atoms with Crippen LogP contribution in [0, 0.1) is 0 Å². The van der Waals surface area contributed by atoms with Crippen molar-refractivity contribution < 1.29 is 20.1 Å². The molecule has 0 bridgehead atoms. The third-order valence-corrected chi connectivity index (χ3v) is 0.431. The first-order chi connectivity index (χ1) is 4.37. The standard InChI is InChI=1S/C3H8O3.C3H6O/c1-2(4)3(5)6;1-3(2)4/h2-6H,1H3;1-2H3. The first kappa shape index (κ1) is 12.2. The molecule has 0 aliphatic carbocycles. The molecule has 0 spiro atoms. The molecule has 0 aliphatic heterocycles. The number of carbonyl (C=O) groups is 1. The number of hydrogen-bond acceptors (Lipinski definition) is 4. The number of carbonyl (C=O) groups excluding carboxylic acids is 1. The highest BCUT2D eigenvalue weighted by Crippen LogP contribution is 1.81. The van der Waals surface area contributed by atoms with E-state index in [1.165, 1.54) is 20.8 Å². The van der Waals surface area contributed by atoms with Gasteiger partial charge in [0.15, 0.2) is 6.29 Å². The molecule has 0 fully saturated rings. The van der Waals surface area contributed by atoms with E-state index in [1.54, 1.807) is 0 Å². The maximum absolute atomic E-state index is 9.44. The van der Waals surface area contributed by atoms with Crippen molar-refractivity contribution in [2.24, 2.45) is 0 Å². The lowest BCUT2D eigenvalue weighted by molar-refractivity contribution is -0.115. The number of ketones is 1. The van der Waals surface area contributed by atoms with Crippen molar-refractivity contribution in [2.45, 2.75) is 33.2 Å². The molecule has 1 unspecified atom stereocenters. The van der Waals surface area contributed by atoms with Gasteiger partial charge in [0, 0.05) is 0 Å². The third kappa shape index (κ3) is 25.7. The smallest absolute Gasteiger partial charge is 0.177 e. The second-order valence-electron chi connectivity index (χ2n) is 2.06. The van der Waals surface area contributed by atoms with E-state index in [1.807, 2.05) is 0 Å². The second-order valence-corrected chi connectivity index (χ2v) is 2.06. The molecule has 0 radical (unpaired) electrons. The summed E-state index contributed by atoms with van der Waals surface area (Å²) in [7, 11) is 0. The zero-order valence-corrected chi connectivity index (χ0v) is 6.40. The number of hydrogen-bond donors (Lipinski definition) is 3. The number of rotatable bonds is 1. The topological polar surface area (TPSA) is 77.8 Å². The van der Waals surface area contributed by atoms with Gasteiger partial charge < -0.3 is 20.1 Å². The zero-order chi connectivity index (χ0) is 8.73. The van der Waals surface area contributed by atoms with Crippen molar-refractivity contribution in [2.75, 3.05) is 0 Å². The summed E-state index contributed by atoms with van der Waals surface area (Å²) in [6.07, 6.45) is -2.63. The summed E-state index contributed by atoms with van der Waals surface area (Å²) in [6.45, 7) is 4.35. The predicted octanol–water partition coefficient (Wildman–Crippen LogP) is -0.727. The Kier molecular flexibility index (Phi) is 8.17. The Balaban J connectivity index is 0. The molecule has 0 rings (SSSR count). The summed E-state index contributed by atoms with van der Waals surface area (Å²) in [6, 6.07) is 0. The van der Waals surface area contributed by atoms with Crippen LogP contribution in [-0.4, -0.2) is 33.5 Å². The van der Waals surface area contributed by atoms with Crippen molar-refractivity contribution in [3.8, 4) is 0 Å². The Labute approximate surface area is 60.1 Å². The maximum Gasteiger partial charge on any atom is 0.177 e. The minimum absolute atomic E-state index is 0.167. The van der Waals surface area contributed by atoms with E-state index in [2.05, 4.69) is 0 Å². The first-order valence-corrected chi connectivity index (χ1v) is 2.89. The van der Waals surface area contributed by atoms with Crippen LogP contribution in [0.4, 0.5) is 0 Å². The number of Topliss-reactive ketones (excluding diaryl/α,β-unsaturated/α-hetero) is 1. The zero-order valence-electron chi connectivity index (χ0n) is 6.40. The summed E-state index contributed by atoms with van der Waals surface area (Å²) >= 11 is 0. The second kappa shape index (κ2) is 6.67. The largest absolute Gasteiger partial charge is 0.388 e. The van der Waals surface area contributed by atoms with Crippen molar-refractivity contribution in [3.05, 3.63) is 0 Å². The van der Waals surface area contributed by atoms with Gasteiger partial charge >= 0.3 is 0 Å². The highest BCUT2D eigenvalue weighted by atomic mass is 16.5. The quantitative estimate of drug-likeness (QED) is 0.431. The van der Waals surface area contributed by atoms with Gasteiger partial charge in [-0.1, -0.05) is 0 Å². The first-order valence-electron chi connectivity index (χ1n) is 2.89. The number of aliphatic hydroxyl groups excluding tert-OH is 2. The van der Waals surface area contributed by atoms with E-state index < -0.39 is 12.4 Å². The summed E-state index contributed by atoms with van der Waals surface area (Å²) in [5, 5.41) is 24.0. The van der Waals surface area contributed by atoms with Crippen molar-refractivity contribution in [1.29, 1.82) is 0 Å². The van der Waals surface area contributed by atoms with Crippen molar-refractivity contribution in [1.82, 2.24) is 0 Å². The van der Waals surface area contributed by atoms with Crippen LogP contribution in [0.3, 0.4) is 0 Å². The molecule has 0 saturated heterocycles. The van der Waals surface area contributed by atoms with Crippen LogP contribution in [0.25, 0.3) is 0 Å². The normalized spacial score (nSPS) is 11.9. The Hall–Kier alpha value is -0.450. The molecule has 0 saturated carbocycles. The van der Waals surface area contributed by atoms with Gasteiger partial charge in [-0.3, -0.25) is 0 Å². The minimum atomic E-state index is -1.59. The molecule has 10 heavy (non-hydrogen) atoms. The Morgan fingerprint density at radius 3 is 1.30 bits per heavy atom. The summed E-state index contributed by atoms with van der Waals surface area (Å²) < 4.78 is 0. The number of aliphatic hydroxyl groups is 3. The molecular formula is C6H14O4. The molecule has 0 aromatic heterocycles. The lowest BCUT2D eigenvalue weighted by Gasteiger charge is -2.02. The summed E-state index contributed by atoms with van der Waals surface area (Å²) in [5.41, 5.74) is 0. The van der Waals surface area contributed by atoms with Crippen LogP contribution >= 0.6 is 0 Å². The highest BCUT2D eigenvalue weighted by molar-refractivity contribution is 5.72. The lowest BCUT2D eigenvalue weighted by Crippen LogP contribution is -2.20. The fourth-order valence-electron chi connectivity index (χ4n) is 0. The predicted molar refractivity (Wildman–Crippen MR) is 36.3 cm³/mol. The Morgan fingerprint density at radius 2 is 1.30 bits per heavy atom. The fraction of sp³-hybridized carbons (Fsp3) is 0.833. The van der Waals surface area contributed by atoms with Crippen LogP contribution < -0.4 is 0 Å². The van der Waals surface area contributed by atoms with Gasteiger partial charge in [0.05, 0.1) is 0 Å². The van der Waals surface area contributed by atoms with Gasteiger partial charge in [-0.2, -0.15) is 0 Å². The van der Waals surface area contributed by atoms with Gasteiger partial charge in [0.2, 0.25) is 0 Å². The van der Waals surface area contributed by atoms with Crippen LogP contribution in [0.15, 0.2) is 0 Å². The van der Waals surface area contributed by atoms with Gasteiger partial charge in [0.1, 0.15) is 11.9 Å². The molecule has 3 N–H and O–H groups in total. The maximum atomic E-state index is 9.44. The van der Waals surface area contributed by atoms with Gasteiger partial charge in [-0.05, 0) is 20.8 Å². The molecule has 62 valence electrons. The van der Waals surface area contributed by atoms with Gasteiger partial charge in [-0.15, -0.1) is 0 Å². The minimum Gasteiger partial charge on any atom is -0.388 e. The SMILES string of the molecule is CC(C)=O.CC(O)C(O)O. The monoisotopic (exact) mass is 150 g/mol. The van der Waals surface area contributed by atoms with Crippen LogP contribution in [0.2, 0.25) is 0 Å². The highest BCUT2D eigenvalue weighted by Gasteiger charge is 2.01. The molecular weight excluding hydrogens is 136 g/mol. The molecule has 4 heteroatoms. The van der Waals surface area contributed by atoms with Crippen LogP contribution in [-0.2, 0) is 4.79 Å². The average molecular weight is 150 g/mol. The fourth-order valence-corrected chi connectivity index (χ4v) is 0. The van der Waals surface area contributed by atoms with Crippen LogP contribution in [0.5, 0.6) is 0 Å². The molecule has 4 nitrogen and oxygen atoms in total. The van der Waals surface area contributed by atoms with E-state index in [0.29, 0.717) is 0 Å². The molecule has 1 atom stereocenters. The Bertz CT molecular complexity index is 77.7. The Morgan fingerprint density at radius 1 is 1.20 bits per heavy atom. The lowest BCUT2D eigenvalue weighted by atomic mass is 10.4. The van der Waals surface area contributed by atoms with Crippen LogP contribution in [0.1, 0.15) is 20.8 Å². The molecule has 0 aromatic carbocycles. The van der Waals surface area contributed by atoms with E-state index >= 15 is 0 Å². The molecule has 0 heterocycles. The van der Waals surface area contributed by atoms with Gasteiger partial charge in [-0.25, -0.2) is 0 Å². The van der Waals surface area contributed by atoms with E-state index in [9.17, 15) is 4.79 Å². The van der Waals surface area contributed by atoms with Crippen molar-refractivity contribution >= 4 is 5.78 Å². The molecule has 0 aromatic rings.